The van der Waals surface area contributed by atoms with Gasteiger partial charge in [-0.1, -0.05) is 23.4 Å². The number of nitrogens with one attached hydrogen (secondary N) is 1. The molecule has 0 saturated carbocycles. The van der Waals surface area contributed by atoms with Crippen molar-refractivity contribution in [1.29, 1.82) is 0 Å². The van der Waals surface area contributed by atoms with E-state index >= 15 is 0 Å². The third-order valence-electron chi connectivity index (χ3n) is 4.19. The Morgan fingerprint density at radius 1 is 1.03 bits per heavy atom. The fourth-order valence-electron chi connectivity index (χ4n) is 2.78. The van der Waals surface area contributed by atoms with Gasteiger partial charge in [-0.3, -0.25) is 14.3 Å². The third kappa shape index (κ3) is 4.89. The quantitative estimate of drug-likeness (QED) is 0.413. The van der Waals surface area contributed by atoms with E-state index < -0.39 is 17.5 Å². The molecule has 1 N–H and O–H groups in total. The number of rotatable bonds is 6. The Kier molecular flexibility index (Phi) is 6.24. The van der Waals surface area contributed by atoms with Crippen LogP contribution in [-0.2, 0) is 4.79 Å². The van der Waals surface area contributed by atoms with Gasteiger partial charge in [-0.15, -0.1) is 10.2 Å². The zero-order chi connectivity index (χ0) is 21.8. The summed E-state index contributed by atoms with van der Waals surface area (Å²) in [6, 6.07) is 13.7. The van der Waals surface area contributed by atoms with Crippen molar-refractivity contribution in [2.24, 2.45) is 0 Å². The maximum atomic E-state index is 13.8. The number of benzene rings is 2. The predicted molar refractivity (Wildman–Crippen MR) is 115 cm³/mol. The Morgan fingerprint density at radius 2 is 1.77 bits per heavy atom. The van der Waals surface area contributed by atoms with E-state index in [-0.39, 0.29) is 11.4 Å². The zero-order valence-corrected chi connectivity index (χ0v) is 17.4. The molecule has 6 nitrogen and oxygen atoms in total. The van der Waals surface area contributed by atoms with Gasteiger partial charge in [0, 0.05) is 34.7 Å². The van der Waals surface area contributed by atoms with E-state index in [9.17, 15) is 13.6 Å². The second-order valence-electron chi connectivity index (χ2n) is 6.31. The average Bonchev–Trinajstić information content (AvgIpc) is 3.19. The number of halogens is 3. The molecule has 0 aliphatic carbocycles. The third-order valence-corrected chi connectivity index (χ3v) is 5.38. The molecule has 2 heterocycles. The molecule has 0 aliphatic heterocycles. The minimum absolute atomic E-state index is 0.0567. The first kappa shape index (κ1) is 21.0. The summed E-state index contributed by atoms with van der Waals surface area (Å²) in [5, 5.41) is 12.0. The van der Waals surface area contributed by atoms with Crippen LogP contribution >= 0.6 is 23.4 Å². The largest absolute Gasteiger partial charge is 0.323 e. The van der Waals surface area contributed by atoms with Gasteiger partial charge in [0.1, 0.15) is 11.6 Å². The summed E-state index contributed by atoms with van der Waals surface area (Å²) in [6.07, 6.45) is 3.29. The van der Waals surface area contributed by atoms with Crippen LogP contribution in [0.1, 0.15) is 0 Å². The number of hydrogen-bond acceptors (Lipinski definition) is 5. The van der Waals surface area contributed by atoms with Gasteiger partial charge in [0.25, 0.3) is 0 Å². The number of carbonyl (C=O) groups excluding carboxylic acids is 1. The number of anilines is 1. The van der Waals surface area contributed by atoms with Gasteiger partial charge in [0.05, 0.1) is 11.4 Å². The molecule has 4 aromatic rings. The monoisotopic (exact) mass is 457 g/mol. The summed E-state index contributed by atoms with van der Waals surface area (Å²) in [6.45, 7) is 0. The van der Waals surface area contributed by atoms with Crippen molar-refractivity contribution < 1.29 is 13.6 Å². The van der Waals surface area contributed by atoms with E-state index in [1.54, 1.807) is 41.2 Å². The normalized spacial score (nSPS) is 10.8. The maximum absolute atomic E-state index is 13.8. The molecule has 2 aromatic heterocycles. The first-order valence-electron chi connectivity index (χ1n) is 9.01. The Bertz CT molecular complexity index is 1220. The highest BCUT2D eigenvalue weighted by Crippen LogP contribution is 2.28. The lowest BCUT2D eigenvalue weighted by atomic mass is 10.2. The molecule has 0 radical (unpaired) electrons. The highest BCUT2D eigenvalue weighted by molar-refractivity contribution is 7.99. The molecule has 4 rings (SSSR count). The number of aromatic nitrogens is 4. The van der Waals surface area contributed by atoms with Crippen LogP contribution in [0.4, 0.5) is 14.5 Å². The highest BCUT2D eigenvalue weighted by atomic mass is 35.5. The molecule has 0 spiro atoms. The Labute approximate surface area is 185 Å². The van der Waals surface area contributed by atoms with Crippen LogP contribution in [0.5, 0.6) is 0 Å². The van der Waals surface area contributed by atoms with E-state index in [0.29, 0.717) is 22.1 Å². The van der Waals surface area contributed by atoms with Gasteiger partial charge in [-0.2, -0.15) is 0 Å². The zero-order valence-electron chi connectivity index (χ0n) is 15.8. The number of hydrogen-bond donors (Lipinski definition) is 1. The second kappa shape index (κ2) is 9.23. The highest BCUT2D eigenvalue weighted by Gasteiger charge is 2.18. The van der Waals surface area contributed by atoms with Crippen molar-refractivity contribution in [2.75, 3.05) is 11.1 Å². The lowest BCUT2D eigenvalue weighted by Gasteiger charge is -2.11. The molecule has 0 fully saturated rings. The van der Waals surface area contributed by atoms with Crippen LogP contribution in [0.2, 0.25) is 5.02 Å². The summed E-state index contributed by atoms with van der Waals surface area (Å²) in [5.74, 6) is -1.52. The predicted octanol–water partition coefficient (Wildman–Crippen LogP) is 4.99. The van der Waals surface area contributed by atoms with Crippen LogP contribution in [-0.4, -0.2) is 31.4 Å². The number of amides is 1. The molecule has 0 bridgehead atoms. The topological polar surface area (TPSA) is 72.7 Å². The van der Waals surface area contributed by atoms with E-state index in [1.807, 2.05) is 12.1 Å². The van der Waals surface area contributed by atoms with E-state index in [1.165, 1.54) is 6.07 Å². The molecule has 10 heteroatoms. The van der Waals surface area contributed by atoms with E-state index in [0.717, 1.165) is 29.1 Å². The lowest BCUT2D eigenvalue weighted by Crippen LogP contribution is -2.15. The smallest absolute Gasteiger partial charge is 0.234 e. The molecule has 0 atom stereocenters. The lowest BCUT2D eigenvalue weighted by molar-refractivity contribution is -0.113. The van der Waals surface area contributed by atoms with Gasteiger partial charge in [0.15, 0.2) is 11.0 Å². The summed E-state index contributed by atoms with van der Waals surface area (Å²) in [4.78, 5) is 16.3. The van der Waals surface area contributed by atoms with Crippen molar-refractivity contribution in [1.82, 2.24) is 19.7 Å². The maximum Gasteiger partial charge on any atom is 0.234 e. The Morgan fingerprint density at radius 3 is 2.48 bits per heavy atom. The van der Waals surface area contributed by atoms with Crippen LogP contribution in [0.3, 0.4) is 0 Å². The standard InChI is InChI=1S/C21H14ClF2N5OS/c22-14-1-4-16(5-2-14)29-20(13-7-9-25-10-8-13)27-28-21(29)31-12-19(30)26-18-6-3-15(23)11-17(18)24/h1-11H,12H2,(H,26,30). The van der Waals surface area contributed by atoms with Crippen molar-refractivity contribution in [3.8, 4) is 17.1 Å². The first-order chi connectivity index (χ1) is 15.0. The molecule has 156 valence electrons. The van der Waals surface area contributed by atoms with Gasteiger partial charge in [0.2, 0.25) is 5.91 Å². The Hall–Kier alpha value is -3.30. The van der Waals surface area contributed by atoms with Crippen LogP contribution in [0.15, 0.2) is 72.1 Å². The van der Waals surface area contributed by atoms with Gasteiger partial charge in [-0.25, -0.2) is 8.78 Å². The summed E-state index contributed by atoms with van der Waals surface area (Å²) < 4.78 is 28.6. The molecule has 0 unspecified atom stereocenters. The number of carbonyl (C=O) groups is 1. The number of thioether (sulfide) groups is 1. The molecule has 0 saturated heterocycles. The fourth-order valence-corrected chi connectivity index (χ4v) is 3.66. The second-order valence-corrected chi connectivity index (χ2v) is 7.69. The SMILES string of the molecule is O=C(CSc1nnc(-c2ccncc2)n1-c1ccc(Cl)cc1)Nc1ccc(F)cc1F. The molecule has 1 amide bonds. The van der Waals surface area contributed by atoms with Crippen molar-refractivity contribution in [3.63, 3.8) is 0 Å². The van der Waals surface area contributed by atoms with E-state index in [4.69, 9.17) is 11.6 Å². The van der Waals surface area contributed by atoms with Crippen LogP contribution < -0.4 is 5.32 Å². The minimum atomic E-state index is -0.845. The first-order valence-corrected chi connectivity index (χ1v) is 10.4. The van der Waals surface area contributed by atoms with Crippen molar-refractivity contribution in [2.45, 2.75) is 5.16 Å². The number of pyridine rings is 1. The molecule has 0 aliphatic rings. The number of nitrogens with zero attached hydrogens (tertiary/aromatic N) is 4. The van der Waals surface area contributed by atoms with Crippen LogP contribution in [0, 0.1) is 11.6 Å². The summed E-state index contributed by atoms with van der Waals surface area (Å²) in [7, 11) is 0. The average molecular weight is 458 g/mol. The summed E-state index contributed by atoms with van der Waals surface area (Å²) >= 11 is 7.14. The summed E-state index contributed by atoms with van der Waals surface area (Å²) in [5.41, 5.74) is 1.46. The Balaban J connectivity index is 1.58. The van der Waals surface area contributed by atoms with Crippen molar-refractivity contribution in [3.05, 3.63) is 83.6 Å². The molecule has 2 aromatic carbocycles. The molecular weight excluding hydrogens is 444 g/mol. The molecule has 31 heavy (non-hydrogen) atoms. The molecular formula is C21H14ClF2N5OS. The van der Waals surface area contributed by atoms with Crippen molar-refractivity contribution >= 4 is 35.0 Å². The van der Waals surface area contributed by atoms with Gasteiger partial charge >= 0.3 is 0 Å². The van der Waals surface area contributed by atoms with Gasteiger partial charge < -0.3 is 5.32 Å². The van der Waals surface area contributed by atoms with Gasteiger partial charge in [-0.05, 0) is 48.5 Å². The van der Waals surface area contributed by atoms with E-state index in [2.05, 4.69) is 20.5 Å². The van der Waals surface area contributed by atoms with Crippen LogP contribution in [0.25, 0.3) is 17.1 Å². The minimum Gasteiger partial charge on any atom is -0.323 e. The fraction of sp³-hybridized carbons (Fsp3) is 0.0476.